The summed E-state index contributed by atoms with van der Waals surface area (Å²) in [5, 5.41) is 16.2. The number of aromatic nitrogens is 3. The second-order valence-corrected chi connectivity index (χ2v) is 7.52. The van der Waals surface area contributed by atoms with Gasteiger partial charge < -0.3 is 9.88 Å². The Morgan fingerprint density at radius 1 is 1.35 bits per heavy atom. The zero-order chi connectivity index (χ0) is 17.0. The average molecular weight is 355 g/mol. The fraction of sp³-hybridized carbons (Fsp3) is 0.308. The Balaban J connectivity index is 1.93. The van der Waals surface area contributed by atoms with Crippen LogP contribution in [0.2, 0.25) is 0 Å². The lowest BCUT2D eigenvalue weighted by atomic mass is 10.3. The summed E-state index contributed by atoms with van der Waals surface area (Å²) >= 11 is 1.28. The Labute approximate surface area is 138 Å². The zero-order valence-electron chi connectivity index (χ0n) is 12.6. The fourth-order valence-electron chi connectivity index (χ4n) is 1.74. The van der Waals surface area contributed by atoms with Gasteiger partial charge in [-0.1, -0.05) is 11.8 Å². The third-order valence-electron chi connectivity index (χ3n) is 2.90. The number of primary sulfonamides is 1. The summed E-state index contributed by atoms with van der Waals surface area (Å²) < 4.78 is 24.2. The van der Waals surface area contributed by atoms with Crippen LogP contribution < -0.4 is 10.5 Å². The maximum atomic E-state index is 11.9. The molecule has 1 aromatic carbocycles. The van der Waals surface area contributed by atoms with Gasteiger partial charge in [-0.3, -0.25) is 4.79 Å². The topological polar surface area (TPSA) is 120 Å². The van der Waals surface area contributed by atoms with Crippen LogP contribution >= 0.6 is 11.8 Å². The smallest absolute Gasteiger partial charge is 0.238 e. The first-order valence-corrected chi connectivity index (χ1v) is 9.25. The Morgan fingerprint density at radius 2 is 2.00 bits per heavy atom. The van der Waals surface area contributed by atoms with Crippen molar-refractivity contribution in [2.24, 2.45) is 5.14 Å². The maximum absolute atomic E-state index is 11.9. The molecule has 0 saturated heterocycles. The summed E-state index contributed by atoms with van der Waals surface area (Å²) in [6.07, 6.45) is 1.62. The van der Waals surface area contributed by atoms with Crippen LogP contribution in [-0.4, -0.2) is 34.8 Å². The predicted octanol–water partition coefficient (Wildman–Crippen LogP) is 1.24. The predicted molar refractivity (Wildman–Crippen MR) is 87.6 cm³/mol. The third kappa shape index (κ3) is 4.78. The number of thioether (sulfide) groups is 1. The average Bonchev–Trinajstić information content (AvgIpc) is 2.93. The van der Waals surface area contributed by atoms with E-state index in [-0.39, 0.29) is 22.6 Å². The molecule has 8 nitrogen and oxygen atoms in total. The number of anilines is 1. The molecule has 0 spiro atoms. The van der Waals surface area contributed by atoms with E-state index in [1.54, 1.807) is 6.33 Å². The summed E-state index contributed by atoms with van der Waals surface area (Å²) in [5.74, 6) is -0.0563. The number of nitrogens with one attached hydrogen (secondary N) is 1. The molecule has 0 radical (unpaired) electrons. The van der Waals surface area contributed by atoms with Crippen molar-refractivity contribution in [1.29, 1.82) is 0 Å². The number of amides is 1. The molecular weight excluding hydrogens is 338 g/mol. The summed E-state index contributed by atoms with van der Waals surface area (Å²) in [6.45, 7) is 4.00. The summed E-state index contributed by atoms with van der Waals surface area (Å²) in [4.78, 5) is 11.9. The van der Waals surface area contributed by atoms with Crippen molar-refractivity contribution in [2.75, 3.05) is 11.1 Å². The molecule has 10 heteroatoms. The molecule has 0 fully saturated rings. The van der Waals surface area contributed by atoms with Crippen LogP contribution in [0.4, 0.5) is 5.69 Å². The van der Waals surface area contributed by atoms with Crippen molar-refractivity contribution >= 4 is 33.4 Å². The van der Waals surface area contributed by atoms with Gasteiger partial charge in [-0.25, -0.2) is 13.6 Å². The van der Waals surface area contributed by atoms with Gasteiger partial charge in [0.1, 0.15) is 6.33 Å². The van der Waals surface area contributed by atoms with Crippen LogP contribution in [0.25, 0.3) is 0 Å². The minimum Gasteiger partial charge on any atom is -0.325 e. The van der Waals surface area contributed by atoms with E-state index in [0.29, 0.717) is 10.8 Å². The number of sulfonamides is 1. The summed E-state index contributed by atoms with van der Waals surface area (Å²) in [6, 6.07) is 5.86. The lowest BCUT2D eigenvalue weighted by Crippen LogP contribution is -2.15. The van der Waals surface area contributed by atoms with Crippen molar-refractivity contribution in [2.45, 2.75) is 29.9 Å². The van der Waals surface area contributed by atoms with E-state index in [1.807, 2.05) is 18.4 Å². The van der Waals surface area contributed by atoms with E-state index in [1.165, 1.54) is 36.0 Å². The summed E-state index contributed by atoms with van der Waals surface area (Å²) in [5.41, 5.74) is 0.494. The number of carbonyl (C=O) groups is 1. The molecule has 124 valence electrons. The number of carbonyl (C=O) groups excluding carboxylic acids is 1. The van der Waals surface area contributed by atoms with Crippen molar-refractivity contribution in [3.8, 4) is 0 Å². The first-order chi connectivity index (χ1) is 10.8. The third-order valence-corrected chi connectivity index (χ3v) is 4.78. The van der Waals surface area contributed by atoms with Crippen LogP contribution in [0.3, 0.4) is 0 Å². The Morgan fingerprint density at radius 3 is 2.57 bits per heavy atom. The van der Waals surface area contributed by atoms with Gasteiger partial charge in [-0.15, -0.1) is 10.2 Å². The van der Waals surface area contributed by atoms with E-state index in [4.69, 9.17) is 5.14 Å². The highest BCUT2D eigenvalue weighted by atomic mass is 32.2. The number of nitrogens with two attached hydrogens (primary N) is 1. The Hall–Kier alpha value is -1.91. The molecule has 0 atom stereocenters. The highest BCUT2D eigenvalue weighted by Crippen LogP contribution is 2.19. The molecule has 1 aromatic heterocycles. The Kier molecular flexibility index (Phi) is 5.39. The molecule has 0 bridgehead atoms. The fourth-order valence-corrected chi connectivity index (χ4v) is 3.10. The van der Waals surface area contributed by atoms with Crippen molar-refractivity contribution in [3.05, 3.63) is 30.6 Å². The highest BCUT2D eigenvalue weighted by Gasteiger charge is 2.11. The molecule has 2 aromatic rings. The molecule has 0 unspecified atom stereocenters. The van der Waals surface area contributed by atoms with Crippen molar-refractivity contribution < 1.29 is 13.2 Å². The minimum atomic E-state index is -3.74. The van der Waals surface area contributed by atoms with Gasteiger partial charge in [0, 0.05) is 11.7 Å². The molecule has 1 heterocycles. The summed E-state index contributed by atoms with van der Waals surface area (Å²) in [7, 11) is -3.74. The lowest BCUT2D eigenvalue weighted by molar-refractivity contribution is -0.113. The Bertz CT molecular complexity index is 784. The van der Waals surface area contributed by atoms with Gasteiger partial charge in [0.05, 0.1) is 10.6 Å². The standard InChI is InChI=1S/C13H17N5O3S2/c1-9(2)18-8-15-17-13(18)22-7-12(19)16-10-3-5-11(6-4-10)23(14,20)21/h3-6,8-9H,7H2,1-2H3,(H,16,19)(H2,14,20,21). The van der Waals surface area contributed by atoms with Crippen LogP contribution in [0.1, 0.15) is 19.9 Å². The van der Waals surface area contributed by atoms with Gasteiger partial charge in [-0.2, -0.15) is 0 Å². The van der Waals surface area contributed by atoms with E-state index < -0.39 is 10.0 Å². The van der Waals surface area contributed by atoms with E-state index in [9.17, 15) is 13.2 Å². The van der Waals surface area contributed by atoms with E-state index in [2.05, 4.69) is 15.5 Å². The normalized spacial score (nSPS) is 11.7. The van der Waals surface area contributed by atoms with Crippen molar-refractivity contribution in [1.82, 2.24) is 14.8 Å². The molecule has 23 heavy (non-hydrogen) atoms. The van der Waals surface area contributed by atoms with Crippen LogP contribution in [0.15, 0.2) is 40.6 Å². The number of nitrogens with zero attached hydrogens (tertiary/aromatic N) is 3. The van der Waals surface area contributed by atoms with Crippen LogP contribution in [0.5, 0.6) is 0 Å². The van der Waals surface area contributed by atoms with Gasteiger partial charge in [-0.05, 0) is 38.1 Å². The quantitative estimate of drug-likeness (QED) is 0.752. The number of hydrogen-bond donors (Lipinski definition) is 2. The van der Waals surface area contributed by atoms with E-state index >= 15 is 0 Å². The highest BCUT2D eigenvalue weighted by molar-refractivity contribution is 7.99. The van der Waals surface area contributed by atoms with Crippen LogP contribution in [-0.2, 0) is 14.8 Å². The number of hydrogen-bond acceptors (Lipinski definition) is 6. The monoisotopic (exact) mass is 355 g/mol. The number of benzene rings is 1. The first kappa shape index (κ1) is 17.4. The van der Waals surface area contributed by atoms with Gasteiger partial charge in [0.25, 0.3) is 0 Å². The van der Waals surface area contributed by atoms with Crippen LogP contribution in [0, 0.1) is 0 Å². The second-order valence-electron chi connectivity index (χ2n) is 5.02. The molecule has 0 aliphatic carbocycles. The molecule has 3 N–H and O–H groups in total. The number of rotatable bonds is 6. The molecule has 0 saturated carbocycles. The molecular formula is C13H17N5O3S2. The second kappa shape index (κ2) is 7.11. The molecule has 1 amide bonds. The van der Waals surface area contributed by atoms with Gasteiger partial charge in [0.15, 0.2) is 5.16 Å². The first-order valence-electron chi connectivity index (χ1n) is 6.72. The van der Waals surface area contributed by atoms with E-state index in [0.717, 1.165) is 0 Å². The van der Waals surface area contributed by atoms with Gasteiger partial charge >= 0.3 is 0 Å². The molecule has 0 aliphatic rings. The molecule has 0 aliphatic heterocycles. The van der Waals surface area contributed by atoms with Crippen molar-refractivity contribution in [3.63, 3.8) is 0 Å². The zero-order valence-corrected chi connectivity index (χ0v) is 14.3. The largest absolute Gasteiger partial charge is 0.325 e. The lowest BCUT2D eigenvalue weighted by Gasteiger charge is -2.09. The van der Waals surface area contributed by atoms with Gasteiger partial charge in [0.2, 0.25) is 15.9 Å². The molecule has 2 rings (SSSR count). The maximum Gasteiger partial charge on any atom is 0.238 e. The minimum absolute atomic E-state index is 0.00471. The SMILES string of the molecule is CC(C)n1cnnc1SCC(=O)Nc1ccc(S(N)(=O)=O)cc1.